The lowest BCUT2D eigenvalue weighted by Gasteiger charge is -2.28. The predicted octanol–water partition coefficient (Wildman–Crippen LogP) is 5.08. The van der Waals surface area contributed by atoms with E-state index >= 15 is 0 Å². The Hall–Kier alpha value is -4.04. The molecule has 5 rings (SSSR count). The molecule has 0 unspecified atom stereocenters. The Morgan fingerprint density at radius 1 is 1.08 bits per heavy atom. The van der Waals surface area contributed by atoms with Crippen LogP contribution in [0.5, 0.6) is 0 Å². The molecule has 1 amide bonds. The van der Waals surface area contributed by atoms with Crippen molar-refractivity contribution in [3.05, 3.63) is 107 Å². The molecule has 8 heteroatoms. The number of hydrogen-bond acceptors (Lipinski definition) is 4. The fourth-order valence-corrected chi connectivity index (χ4v) is 5.25. The molecule has 7 nitrogen and oxygen atoms in total. The average molecular weight is 497 g/mol. The van der Waals surface area contributed by atoms with Crippen molar-refractivity contribution in [1.82, 2.24) is 19.9 Å². The van der Waals surface area contributed by atoms with Crippen molar-refractivity contribution in [1.29, 1.82) is 0 Å². The number of hydrogen-bond donors (Lipinski definition) is 2. The van der Waals surface area contributed by atoms with Crippen molar-refractivity contribution in [2.45, 2.75) is 39.4 Å². The number of benzene rings is 1. The second kappa shape index (κ2) is 9.91. The van der Waals surface area contributed by atoms with Crippen molar-refractivity contribution in [2.75, 3.05) is 10.2 Å². The van der Waals surface area contributed by atoms with E-state index in [2.05, 4.69) is 56.0 Å². The highest BCUT2D eigenvalue weighted by Gasteiger charge is 2.42. The molecule has 182 valence electrons. The number of amides is 1. The van der Waals surface area contributed by atoms with Crippen LogP contribution in [0, 0.1) is 13.8 Å². The zero-order valence-electron chi connectivity index (χ0n) is 20.5. The van der Waals surface area contributed by atoms with Crippen LogP contribution in [0.25, 0.3) is 0 Å². The molecule has 1 aliphatic heterocycles. The first-order chi connectivity index (χ1) is 17.4. The number of rotatable bonds is 6. The summed E-state index contributed by atoms with van der Waals surface area (Å²) in [7, 11) is 0. The molecule has 4 aromatic rings. The number of pyridine rings is 2. The Kier molecular flexibility index (Phi) is 6.52. The third-order valence-electron chi connectivity index (χ3n) is 6.56. The number of carbonyl (C=O) groups excluding carboxylic acids is 1. The standard InChI is InChI=1S/C28H28N6OS/c1-18-15-24(19(2)33(18)17-21-7-6-13-29-16-21)27-26(25-8-4-5-14-30-25)32-28(36)34(27)23-11-9-22(10-12-23)31-20(3)35/h4-16,26-27H,17H2,1-3H3,(H,31,35)(H,32,36)/t26-,27+/m0/s1. The van der Waals surface area contributed by atoms with E-state index < -0.39 is 0 Å². The number of nitrogens with one attached hydrogen (secondary N) is 2. The van der Waals surface area contributed by atoms with Crippen LogP contribution in [0.15, 0.2) is 79.3 Å². The first-order valence-electron chi connectivity index (χ1n) is 11.9. The van der Waals surface area contributed by atoms with Gasteiger partial charge in [-0.05, 0) is 85.7 Å². The maximum Gasteiger partial charge on any atom is 0.221 e. The third-order valence-corrected chi connectivity index (χ3v) is 6.87. The molecule has 0 saturated carbocycles. The molecule has 0 spiro atoms. The van der Waals surface area contributed by atoms with Gasteiger partial charge in [0.2, 0.25) is 5.91 Å². The second-order valence-corrected chi connectivity index (χ2v) is 9.39. The van der Waals surface area contributed by atoms with Gasteiger partial charge in [0.05, 0.1) is 17.8 Å². The van der Waals surface area contributed by atoms with Crippen molar-refractivity contribution >= 4 is 34.6 Å². The van der Waals surface area contributed by atoms with E-state index in [4.69, 9.17) is 12.2 Å². The summed E-state index contributed by atoms with van der Waals surface area (Å²) in [4.78, 5) is 22.6. The van der Waals surface area contributed by atoms with Gasteiger partial charge < -0.3 is 20.1 Å². The molecule has 2 N–H and O–H groups in total. The van der Waals surface area contributed by atoms with E-state index in [0.29, 0.717) is 5.11 Å². The maximum atomic E-state index is 11.5. The van der Waals surface area contributed by atoms with Gasteiger partial charge in [0.15, 0.2) is 5.11 Å². The van der Waals surface area contributed by atoms with E-state index in [1.165, 1.54) is 23.9 Å². The van der Waals surface area contributed by atoms with Crippen LogP contribution >= 0.6 is 12.2 Å². The molecule has 4 heterocycles. The molecule has 1 saturated heterocycles. The highest BCUT2D eigenvalue weighted by molar-refractivity contribution is 7.80. The van der Waals surface area contributed by atoms with Crippen molar-refractivity contribution < 1.29 is 4.79 Å². The number of nitrogens with zero attached hydrogens (tertiary/aromatic N) is 4. The molecule has 36 heavy (non-hydrogen) atoms. The fourth-order valence-electron chi connectivity index (χ4n) is 4.90. The molecule has 3 aromatic heterocycles. The summed E-state index contributed by atoms with van der Waals surface area (Å²) in [6, 6.07) is 19.8. The van der Waals surface area contributed by atoms with Gasteiger partial charge in [0, 0.05) is 54.8 Å². The quantitative estimate of drug-likeness (QED) is 0.363. The van der Waals surface area contributed by atoms with Crippen molar-refractivity contribution in [3.63, 3.8) is 0 Å². The van der Waals surface area contributed by atoms with E-state index in [9.17, 15) is 4.79 Å². The van der Waals surface area contributed by atoms with Gasteiger partial charge >= 0.3 is 0 Å². The SMILES string of the molecule is CC(=O)Nc1ccc(N2C(=S)N[C@@H](c3ccccn3)[C@H]2c2cc(C)n(Cc3cccnc3)c2C)cc1. The van der Waals surface area contributed by atoms with Crippen molar-refractivity contribution in [2.24, 2.45) is 0 Å². The third kappa shape index (κ3) is 4.59. The minimum atomic E-state index is -0.124. The summed E-state index contributed by atoms with van der Waals surface area (Å²) in [6.07, 6.45) is 5.51. The lowest BCUT2D eigenvalue weighted by atomic mass is 9.96. The number of carbonyl (C=O) groups is 1. The molecule has 1 fully saturated rings. The summed E-state index contributed by atoms with van der Waals surface area (Å²) >= 11 is 5.87. The molecule has 0 radical (unpaired) electrons. The Morgan fingerprint density at radius 2 is 1.89 bits per heavy atom. The summed E-state index contributed by atoms with van der Waals surface area (Å²) in [5.74, 6) is -0.102. The Morgan fingerprint density at radius 3 is 2.56 bits per heavy atom. The topological polar surface area (TPSA) is 75.1 Å². The number of aryl methyl sites for hydroxylation is 1. The summed E-state index contributed by atoms with van der Waals surface area (Å²) < 4.78 is 2.32. The Balaban J connectivity index is 1.58. The molecular weight excluding hydrogens is 468 g/mol. The number of aromatic nitrogens is 3. The highest BCUT2D eigenvalue weighted by atomic mass is 32.1. The zero-order valence-corrected chi connectivity index (χ0v) is 21.3. The molecule has 2 atom stereocenters. The first kappa shape index (κ1) is 23.7. The van der Waals surface area contributed by atoms with Crippen LogP contribution in [0.2, 0.25) is 0 Å². The van der Waals surface area contributed by atoms with Crippen LogP contribution in [0.3, 0.4) is 0 Å². The van der Waals surface area contributed by atoms with Crippen LogP contribution in [0.4, 0.5) is 11.4 Å². The summed E-state index contributed by atoms with van der Waals surface area (Å²) in [6.45, 7) is 6.54. The lowest BCUT2D eigenvalue weighted by Crippen LogP contribution is -2.29. The van der Waals surface area contributed by atoms with Gasteiger partial charge in [0.25, 0.3) is 0 Å². The van der Waals surface area contributed by atoms with Gasteiger partial charge in [-0.1, -0.05) is 12.1 Å². The molecule has 1 aliphatic rings. The molecule has 0 bridgehead atoms. The highest BCUT2D eigenvalue weighted by Crippen LogP contribution is 2.43. The first-order valence-corrected chi connectivity index (χ1v) is 12.3. The minimum Gasteiger partial charge on any atom is -0.351 e. The molecular formula is C28H28N6OS. The largest absolute Gasteiger partial charge is 0.351 e. The van der Waals surface area contributed by atoms with Crippen LogP contribution in [-0.2, 0) is 11.3 Å². The normalized spacial score (nSPS) is 17.2. The van der Waals surface area contributed by atoms with E-state index in [-0.39, 0.29) is 18.0 Å². The van der Waals surface area contributed by atoms with Gasteiger partial charge in [-0.2, -0.15) is 0 Å². The van der Waals surface area contributed by atoms with Crippen LogP contribution < -0.4 is 15.5 Å². The zero-order chi connectivity index (χ0) is 25.2. The fraction of sp³-hybridized carbons (Fsp3) is 0.214. The van der Waals surface area contributed by atoms with E-state index in [0.717, 1.165) is 29.2 Å². The summed E-state index contributed by atoms with van der Waals surface area (Å²) in [5.41, 5.74) is 7.31. The number of thiocarbonyl (C=S) groups is 1. The van der Waals surface area contributed by atoms with Crippen molar-refractivity contribution in [3.8, 4) is 0 Å². The van der Waals surface area contributed by atoms with E-state index in [1.807, 2.05) is 60.9 Å². The maximum absolute atomic E-state index is 11.5. The Bertz CT molecular complexity index is 1390. The monoisotopic (exact) mass is 496 g/mol. The van der Waals surface area contributed by atoms with Gasteiger partial charge in [0.1, 0.15) is 0 Å². The minimum absolute atomic E-state index is 0.102. The van der Waals surface area contributed by atoms with Gasteiger partial charge in [-0.3, -0.25) is 14.8 Å². The molecule has 1 aromatic carbocycles. The smallest absolute Gasteiger partial charge is 0.221 e. The Labute approximate surface area is 216 Å². The lowest BCUT2D eigenvalue weighted by molar-refractivity contribution is -0.114. The van der Waals surface area contributed by atoms with Crippen LogP contribution in [-0.4, -0.2) is 25.6 Å². The van der Waals surface area contributed by atoms with Gasteiger partial charge in [-0.25, -0.2) is 0 Å². The number of anilines is 2. The summed E-state index contributed by atoms with van der Waals surface area (Å²) in [5, 5.41) is 6.99. The average Bonchev–Trinajstić information content (AvgIpc) is 3.36. The predicted molar refractivity (Wildman–Crippen MR) is 146 cm³/mol. The van der Waals surface area contributed by atoms with Gasteiger partial charge in [-0.15, -0.1) is 0 Å². The van der Waals surface area contributed by atoms with Crippen LogP contribution in [0.1, 0.15) is 47.2 Å². The van der Waals surface area contributed by atoms with E-state index in [1.54, 1.807) is 6.20 Å². The second-order valence-electron chi connectivity index (χ2n) is 9.00. The molecule has 0 aliphatic carbocycles.